The molecule has 114 valence electrons. The fourth-order valence-electron chi connectivity index (χ4n) is 1.71. The number of ether oxygens (including phenoxy) is 1. The number of anilines is 1. The number of hydrogen-bond donors (Lipinski definition) is 3. The molecule has 0 spiro atoms. The van der Waals surface area contributed by atoms with Gasteiger partial charge in [0, 0.05) is 25.4 Å². The van der Waals surface area contributed by atoms with E-state index in [4.69, 9.17) is 16.3 Å². The second-order valence-electron chi connectivity index (χ2n) is 4.82. The SMILES string of the molecule is COCCNC(=O)Nc1ccc(Cl)c(C(=O)NC2CC2)c1. The second kappa shape index (κ2) is 7.28. The van der Waals surface area contributed by atoms with Gasteiger partial charge in [-0.2, -0.15) is 0 Å². The Kier molecular flexibility index (Phi) is 5.41. The van der Waals surface area contributed by atoms with Crippen molar-refractivity contribution in [3.8, 4) is 0 Å². The van der Waals surface area contributed by atoms with E-state index < -0.39 is 0 Å². The minimum atomic E-state index is -0.358. The lowest BCUT2D eigenvalue weighted by Crippen LogP contribution is -2.31. The van der Waals surface area contributed by atoms with E-state index in [1.54, 1.807) is 25.3 Å². The van der Waals surface area contributed by atoms with Crippen LogP contribution in [0.4, 0.5) is 10.5 Å². The van der Waals surface area contributed by atoms with Crippen molar-refractivity contribution in [2.24, 2.45) is 0 Å². The third-order valence-electron chi connectivity index (χ3n) is 2.97. The second-order valence-corrected chi connectivity index (χ2v) is 5.22. The Bertz CT molecular complexity index is 532. The maximum Gasteiger partial charge on any atom is 0.319 e. The maximum atomic E-state index is 12.0. The van der Waals surface area contributed by atoms with Gasteiger partial charge in [-0.15, -0.1) is 0 Å². The number of carbonyl (C=O) groups is 2. The van der Waals surface area contributed by atoms with Gasteiger partial charge in [0.05, 0.1) is 17.2 Å². The summed E-state index contributed by atoms with van der Waals surface area (Å²) < 4.78 is 4.84. The molecule has 1 aromatic rings. The van der Waals surface area contributed by atoms with Crippen molar-refractivity contribution in [1.82, 2.24) is 10.6 Å². The van der Waals surface area contributed by atoms with Crippen LogP contribution >= 0.6 is 11.6 Å². The molecule has 1 fully saturated rings. The van der Waals surface area contributed by atoms with Gasteiger partial charge in [0.15, 0.2) is 0 Å². The summed E-state index contributed by atoms with van der Waals surface area (Å²) in [6, 6.07) is 4.70. The lowest BCUT2D eigenvalue weighted by atomic mass is 10.2. The third kappa shape index (κ3) is 4.91. The van der Waals surface area contributed by atoms with Gasteiger partial charge in [0.1, 0.15) is 0 Å². The Balaban J connectivity index is 1.96. The van der Waals surface area contributed by atoms with Crippen molar-refractivity contribution in [3.63, 3.8) is 0 Å². The molecule has 0 bridgehead atoms. The molecule has 0 aromatic heterocycles. The molecule has 6 nitrogen and oxygen atoms in total. The quantitative estimate of drug-likeness (QED) is 0.703. The average molecular weight is 312 g/mol. The summed E-state index contributed by atoms with van der Waals surface area (Å²) in [6.07, 6.45) is 2.01. The monoisotopic (exact) mass is 311 g/mol. The number of amides is 3. The van der Waals surface area contributed by atoms with Crippen LogP contribution in [0.2, 0.25) is 5.02 Å². The van der Waals surface area contributed by atoms with Gasteiger partial charge in [-0.25, -0.2) is 4.79 Å². The highest BCUT2D eigenvalue weighted by Gasteiger charge is 2.24. The smallest absolute Gasteiger partial charge is 0.319 e. The summed E-state index contributed by atoms with van der Waals surface area (Å²) in [4.78, 5) is 23.7. The molecule has 0 heterocycles. The predicted molar refractivity (Wildman–Crippen MR) is 80.8 cm³/mol. The fourth-order valence-corrected chi connectivity index (χ4v) is 1.91. The van der Waals surface area contributed by atoms with E-state index >= 15 is 0 Å². The average Bonchev–Trinajstić information content (AvgIpc) is 3.25. The first-order valence-electron chi connectivity index (χ1n) is 6.74. The van der Waals surface area contributed by atoms with Gasteiger partial charge in [-0.05, 0) is 31.0 Å². The van der Waals surface area contributed by atoms with Gasteiger partial charge < -0.3 is 20.7 Å². The Hall–Kier alpha value is -1.79. The zero-order valence-corrected chi connectivity index (χ0v) is 12.5. The van der Waals surface area contributed by atoms with Crippen molar-refractivity contribution in [1.29, 1.82) is 0 Å². The molecule has 1 saturated carbocycles. The van der Waals surface area contributed by atoms with Crippen LogP contribution in [-0.2, 0) is 4.74 Å². The van der Waals surface area contributed by atoms with Crippen molar-refractivity contribution in [2.75, 3.05) is 25.6 Å². The molecule has 1 aromatic carbocycles. The van der Waals surface area contributed by atoms with Gasteiger partial charge >= 0.3 is 6.03 Å². The van der Waals surface area contributed by atoms with Crippen LogP contribution in [0.25, 0.3) is 0 Å². The third-order valence-corrected chi connectivity index (χ3v) is 3.30. The van der Waals surface area contributed by atoms with E-state index in [2.05, 4.69) is 16.0 Å². The van der Waals surface area contributed by atoms with Crippen LogP contribution in [-0.4, -0.2) is 38.2 Å². The van der Waals surface area contributed by atoms with E-state index in [-0.39, 0.29) is 18.0 Å². The summed E-state index contributed by atoms with van der Waals surface area (Å²) in [6.45, 7) is 0.841. The highest BCUT2D eigenvalue weighted by Crippen LogP contribution is 2.23. The first-order chi connectivity index (χ1) is 10.1. The van der Waals surface area contributed by atoms with Crippen molar-refractivity contribution >= 4 is 29.2 Å². The minimum Gasteiger partial charge on any atom is -0.383 e. The lowest BCUT2D eigenvalue weighted by Gasteiger charge is -2.10. The van der Waals surface area contributed by atoms with Crippen molar-refractivity contribution < 1.29 is 14.3 Å². The van der Waals surface area contributed by atoms with E-state index in [0.29, 0.717) is 29.4 Å². The van der Waals surface area contributed by atoms with E-state index in [1.165, 1.54) is 0 Å². The predicted octanol–water partition coefficient (Wildman–Crippen LogP) is 2.00. The molecule has 0 radical (unpaired) electrons. The molecule has 0 aliphatic heterocycles. The topological polar surface area (TPSA) is 79.5 Å². The number of hydrogen-bond acceptors (Lipinski definition) is 3. The maximum absolute atomic E-state index is 12.0. The largest absolute Gasteiger partial charge is 0.383 e. The summed E-state index contributed by atoms with van der Waals surface area (Å²) in [5, 5.41) is 8.50. The Morgan fingerprint density at radius 3 is 2.81 bits per heavy atom. The molecule has 3 amide bonds. The molecular formula is C14H18ClN3O3. The molecule has 0 unspecified atom stereocenters. The number of methoxy groups -OCH3 is 1. The Morgan fingerprint density at radius 1 is 1.38 bits per heavy atom. The normalized spacial score (nSPS) is 13.6. The number of rotatable bonds is 6. The molecule has 2 rings (SSSR count). The van der Waals surface area contributed by atoms with Crippen LogP contribution in [0.15, 0.2) is 18.2 Å². The minimum absolute atomic E-state index is 0.217. The zero-order valence-electron chi connectivity index (χ0n) is 11.7. The van der Waals surface area contributed by atoms with E-state index in [1.807, 2.05) is 0 Å². The molecule has 3 N–H and O–H groups in total. The molecule has 1 aliphatic carbocycles. The van der Waals surface area contributed by atoms with Gasteiger partial charge in [-0.1, -0.05) is 11.6 Å². The van der Waals surface area contributed by atoms with E-state index in [0.717, 1.165) is 12.8 Å². The summed E-state index contributed by atoms with van der Waals surface area (Å²) in [5.41, 5.74) is 0.869. The Labute approximate surface area is 128 Å². The lowest BCUT2D eigenvalue weighted by molar-refractivity contribution is 0.0951. The number of halogens is 1. The van der Waals surface area contributed by atoms with Crippen molar-refractivity contribution in [2.45, 2.75) is 18.9 Å². The number of urea groups is 1. The summed E-state index contributed by atoms with van der Waals surface area (Å²) in [7, 11) is 1.56. The molecule has 0 saturated heterocycles. The first kappa shape index (κ1) is 15.6. The van der Waals surface area contributed by atoms with Crippen LogP contribution in [0.5, 0.6) is 0 Å². The van der Waals surface area contributed by atoms with Crippen LogP contribution in [0, 0.1) is 0 Å². The zero-order chi connectivity index (χ0) is 15.2. The number of benzene rings is 1. The first-order valence-corrected chi connectivity index (χ1v) is 7.12. The summed E-state index contributed by atoms with van der Waals surface area (Å²) >= 11 is 6.03. The van der Waals surface area contributed by atoms with E-state index in [9.17, 15) is 9.59 Å². The van der Waals surface area contributed by atoms with Crippen molar-refractivity contribution in [3.05, 3.63) is 28.8 Å². The molecular weight excluding hydrogens is 294 g/mol. The number of nitrogens with one attached hydrogen (secondary N) is 3. The van der Waals surface area contributed by atoms with Crippen LogP contribution < -0.4 is 16.0 Å². The summed E-state index contributed by atoms with van der Waals surface area (Å²) in [5.74, 6) is -0.217. The Morgan fingerprint density at radius 2 is 2.14 bits per heavy atom. The molecule has 0 atom stereocenters. The molecule has 21 heavy (non-hydrogen) atoms. The molecule has 1 aliphatic rings. The van der Waals surface area contributed by atoms with Crippen LogP contribution in [0.3, 0.4) is 0 Å². The highest BCUT2D eigenvalue weighted by molar-refractivity contribution is 6.34. The molecule has 7 heteroatoms. The number of carbonyl (C=O) groups excluding carboxylic acids is 2. The highest BCUT2D eigenvalue weighted by atomic mass is 35.5. The van der Waals surface area contributed by atoms with Gasteiger partial charge in [-0.3, -0.25) is 4.79 Å². The standard InChI is InChI=1S/C14H18ClN3O3/c1-21-7-6-16-14(20)18-10-4-5-12(15)11(8-10)13(19)17-9-2-3-9/h4-5,8-9H,2-3,6-7H2,1H3,(H,17,19)(H2,16,18,20). The van der Waals surface area contributed by atoms with Gasteiger partial charge in [0.2, 0.25) is 0 Å². The van der Waals surface area contributed by atoms with Gasteiger partial charge in [0.25, 0.3) is 5.91 Å². The fraction of sp³-hybridized carbons (Fsp3) is 0.429. The van der Waals surface area contributed by atoms with Crippen LogP contribution in [0.1, 0.15) is 23.2 Å².